The van der Waals surface area contributed by atoms with Crippen molar-refractivity contribution >= 4 is 9.84 Å². The van der Waals surface area contributed by atoms with E-state index in [4.69, 9.17) is 5.73 Å². The van der Waals surface area contributed by atoms with Crippen LogP contribution in [0.15, 0.2) is 0 Å². The fraction of sp³-hybridized carbons (Fsp3) is 1.00. The minimum atomic E-state index is -2.75. The Kier molecular flexibility index (Phi) is 4.41. The Labute approximate surface area is 99.7 Å². The molecule has 16 heavy (non-hydrogen) atoms. The number of hydrogen-bond acceptors (Lipinski definition) is 3. The summed E-state index contributed by atoms with van der Waals surface area (Å²) in [5, 5.41) is 0. The zero-order valence-electron chi connectivity index (χ0n) is 10.7. The van der Waals surface area contributed by atoms with E-state index < -0.39 is 9.84 Å². The van der Waals surface area contributed by atoms with Crippen molar-refractivity contribution in [2.45, 2.75) is 52.5 Å². The molecule has 0 aromatic heterocycles. The van der Waals surface area contributed by atoms with Crippen molar-refractivity contribution in [2.75, 3.05) is 11.5 Å². The van der Waals surface area contributed by atoms with E-state index in [-0.39, 0.29) is 6.04 Å². The highest BCUT2D eigenvalue weighted by Gasteiger charge is 2.28. The number of nitrogens with two attached hydrogens (primary N) is 1. The van der Waals surface area contributed by atoms with Crippen molar-refractivity contribution in [1.82, 2.24) is 0 Å². The van der Waals surface area contributed by atoms with Gasteiger partial charge < -0.3 is 5.73 Å². The monoisotopic (exact) mass is 247 g/mol. The SMILES string of the molecule is CC(C)(C)CCC(N)C1CCS(=O)(=O)CC1. The maximum Gasteiger partial charge on any atom is 0.150 e. The summed E-state index contributed by atoms with van der Waals surface area (Å²) >= 11 is 0. The molecule has 0 aliphatic carbocycles. The van der Waals surface area contributed by atoms with Crippen LogP contribution in [0.3, 0.4) is 0 Å². The Hall–Kier alpha value is -0.0900. The first-order chi connectivity index (χ1) is 7.20. The first-order valence-electron chi connectivity index (χ1n) is 6.16. The maximum atomic E-state index is 11.3. The van der Waals surface area contributed by atoms with E-state index in [0.29, 0.717) is 22.8 Å². The molecule has 4 heteroatoms. The molecule has 0 radical (unpaired) electrons. The molecule has 1 aliphatic heterocycles. The van der Waals surface area contributed by atoms with Gasteiger partial charge in [0.15, 0.2) is 0 Å². The second-order valence-electron chi connectivity index (χ2n) is 6.25. The third-order valence-corrected chi connectivity index (χ3v) is 5.15. The average molecular weight is 247 g/mol. The molecule has 96 valence electrons. The lowest BCUT2D eigenvalue weighted by Crippen LogP contribution is -2.37. The van der Waals surface area contributed by atoms with Gasteiger partial charge in [-0.1, -0.05) is 20.8 Å². The fourth-order valence-corrected chi connectivity index (χ4v) is 3.70. The summed E-state index contributed by atoms with van der Waals surface area (Å²) in [4.78, 5) is 0. The van der Waals surface area contributed by atoms with Gasteiger partial charge in [-0.25, -0.2) is 8.42 Å². The van der Waals surface area contributed by atoms with Gasteiger partial charge in [-0.2, -0.15) is 0 Å². The summed E-state index contributed by atoms with van der Waals surface area (Å²) in [6.07, 6.45) is 3.63. The highest BCUT2D eigenvalue weighted by molar-refractivity contribution is 7.91. The predicted molar refractivity (Wildman–Crippen MR) is 68.0 cm³/mol. The van der Waals surface area contributed by atoms with Crippen LogP contribution in [-0.4, -0.2) is 26.0 Å². The molecule has 1 heterocycles. The van der Waals surface area contributed by atoms with Crippen LogP contribution in [0.25, 0.3) is 0 Å². The van der Waals surface area contributed by atoms with E-state index >= 15 is 0 Å². The normalized spacial score (nSPS) is 24.2. The van der Waals surface area contributed by atoms with Gasteiger partial charge in [0, 0.05) is 6.04 Å². The Bertz CT molecular complexity index is 302. The van der Waals surface area contributed by atoms with Crippen LogP contribution in [0, 0.1) is 11.3 Å². The Morgan fingerprint density at radius 2 is 1.75 bits per heavy atom. The summed E-state index contributed by atoms with van der Waals surface area (Å²) < 4.78 is 22.6. The summed E-state index contributed by atoms with van der Waals surface area (Å²) in [6, 6.07) is 0.176. The Morgan fingerprint density at radius 3 is 2.19 bits per heavy atom. The van der Waals surface area contributed by atoms with E-state index in [1.54, 1.807) is 0 Å². The molecule has 1 saturated heterocycles. The van der Waals surface area contributed by atoms with E-state index in [2.05, 4.69) is 20.8 Å². The smallest absolute Gasteiger partial charge is 0.150 e. The van der Waals surface area contributed by atoms with Crippen molar-refractivity contribution in [3.63, 3.8) is 0 Å². The Morgan fingerprint density at radius 1 is 1.25 bits per heavy atom. The van der Waals surface area contributed by atoms with Gasteiger partial charge in [0.25, 0.3) is 0 Å². The molecule has 3 nitrogen and oxygen atoms in total. The molecule has 1 unspecified atom stereocenters. The molecule has 1 fully saturated rings. The van der Waals surface area contributed by atoms with Crippen molar-refractivity contribution in [3.8, 4) is 0 Å². The molecule has 1 aliphatic rings. The lowest BCUT2D eigenvalue weighted by Gasteiger charge is -2.29. The molecule has 0 amide bonds. The summed E-state index contributed by atoms with van der Waals surface area (Å²) in [6.45, 7) is 6.64. The predicted octanol–water partition coefficient (Wildman–Crippen LogP) is 1.96. The van der Waals surface area contributed by atoms with Crippen LogP contribution >= 0.6 is 0 Å². The van der Waals surface area contributed by atoms with Crippen LogP contribution in [0.5, 0.6) is 0 Å². The first kappa shape index (κ1) is 14.0. The van der Waals surface area contributed by atoms with Gasteiger partial charge in [0.1, 0.15) is 9.84 Å². The molecule has 0 aromatic rings. The minimum absolute atomic E-state index is 0.176. The van der Waals surface area contributed by atoms with Crippen molar-refractivity contribution in [2.24, 2.45) is 17.1 Å². The fourth-order valence-electron chi connectivity index (χ4n) is 2.17. The molecule has 2 N–H and O–H groups in total. The molecule has 1 atom stereocenters. The number of rotatable bonds is 3. The van der Waals surface area contributed by atoms with Gasteiger partial charge in [-0.3, -0.25) is 0 Å². The average Bonchev–Trinajstić information content (AvgIpc) is 2.13. The van der Waals surface area contributed by atoms with E-state index in [9.17, 15) is 8.42 Å². The van der Waals surface area contributed by atoms with Crippen LogP contribution in [-0.2, 0) is 9.84 Å². The molecule has 0 spiro atoms. The van der Waals surface area contributed by atoms with Gasteiger partial charge in [-0.15, -0.1) is 0 Å². The maximum absolute atomic E-state index is 11.3. The first-order valence-corrected chi connectivity index (χ1v) is 7.98. The highest BCUT2D eigenvalue weighted by Crippen LogP contribution is 2.27. The van der Waals surface area contributed by atoms with Crippen LogP contribution < -0.4 is 5.73 Å². The lowest BCUT2D eigenvalue weighted by molar-refractivity contribution is 0.298. The molecular weight excluding hydrogens is 222 g/mol. The summed E-state index contributed by atoms with van der Waals surface area (Å²) in [5.74, 6) is 1.08. The van der Waals surface area contributed by atoms with Gasteiger partial charge in [0.05, 0.1) is 11.5 Å². The zero-order valence-corrected chi connectivity index (χ0v) is 11.5. The van der Waals surface area contributed by atoms with Crippen molar-refractivity contribution in [1.29, 1.82) is 0 Å². The topological polar surface area (TPSA) is 60.2 Å². The second kappa shape index (κ2) is 5.05. The number of sulfone groups is 1. The van der Waals surface area contributed by atoms with E-state index in [1.807, 2.05) is 0 Å². The van der Waals surface area contributed by atoms with Crippen LogP contribution in [0.1, 0.15) is 46.5 Å². The van der Waals surface area contributed by atoms with Gasteiger partial charge in [-0.05, 0) is 37.0 Å². The molecule has 0 aromatic carbocycles. The summed E-state index contributed by atoms with van der Waals surface area (Å²) in [7, 11) is -2.75. The van der Waals surface area contributed by atoms with Crippen LogP contribution in [0.2, 0.25) is 0 Å². The molecule has 1 rings (SSSR count). The molecule has 0 saturated carbocycles. The quantitative estimate of drug-likeness (QED) is 0.829. The lowest BCUT2D eigenvalue weighted by atomic mass is 9.84. The zero-order chi connectivity index (χ0) is 12.4. The Balaban J connectivity index is 2.36. The summed E-state index contributed by atoms with van der Waals surface area (Å²) in [5.41, 5.74) is 6.47. The van der Waals surface area contributed by atoms with E-state index in [0.717, 1.165) is 25.7 Å². The van der Waals surface area contributed by atoms with Crippen molar-refractivity contribution in [3.05, 3.63) is 0 Å². The van der Waals surface area contributed by atoms with Gasteiger partial charge in [0.2, 0.25) is 0 Å². The standard InChI is InChI=1S/C12H25NO2S/c1-12(2,3)7-4-11(13)10-5-8-16(14,15)9-6-10/h10-11H,4-9,13H2,1-3H3. The largest absolute Gasteiger partial charge is 0.327 e. The third-order valence-electron chi connectivity index (χ3n) is 3.43. The highest BCUT2D eigenvalue weighted by atomic mass is 32.2. The molecule has 0 bridgehead atoms. The van der Waals surface area contributed by atoms with E-state index in [1.165, 1.54) is 0 Å². The van der Waals surface area contributed by atoms with Crippen molar-refractivity contribution < 1.29 is 8.42 Å². The second-order valence-corrected chi connectivity index (χ2v) is 8.56. The minimum Gasteiger partial charge on any atom is -0.327 e. The molecular formula is C12H25NO2S. The van der Waals surface area contributed by atoms with Gasteiger partial charge >= 0.3 is 0 Å². The third kappa shape index (κ3) is 4.83. The number of hydrogen-bond donors (Lipinski definition) is 1. The van der Waals surface area contributed by atoms with Crippen LogP contribution in [0.4, 0.5) is 0 Å².